The average molecular weight is 374 g/mol. The van der Waals surface area contributed by atoms with Gasteiger partial charge in [0.05, 0.1) is 7.11 Å². The highest BCUT2D eigenvalue weighted by molar-refractivity contribution is 5.84. The molecule has 0 aliphatic heterocycles. The minimum absolute atomic E-state index is 0.0712. The molecule has 0 aliphatic carbocycles. The number of carboxylic acids is 1. The number of hydrogen-bond donors (Lipinski definition) is 2. The van der Waals surface area contributed by atoms with Gasteiger partial charge in [-0.3, -0.25) is 0 Å². The van der Waals surface area contributed by atoms with Crippen molar-refractivity contribution in [1.29, 1.82) is 0 Å². The molecule has 7 heteroatoms. The molecule has 2 unspecified atom stereocenters. The smallest absolute Gasteiger partial charge is 0.428 e. The predicted molar refractivity (Wildman–Crippen MR) is 93.2 cm³/mol. The molecule has 2 N–H and O–H groups in total. The minimum Gasteiger partial charge on any atom is -0.496 e. The maximum atomic E-state index is 13.4. The van der Waals surface area contributed by atoms with Crippen LogP contribution in [0.3, 0.4) is 0 Å². The lowest BCUT2D eigenvalue weighted by molar-refractivity contribution is -0.269. The fourth-order valence-corrected chi connectivity index (χ4v) is 2.82. The van der Waals surface area contributed by atoms with Crippen molar-refractivity contribution in [2.45, 2.75) is 51.8 Å². The van der Waals surface area contributed by atoms with Gasteiger partial charge in [-0.05, 0) is 29.5 Å². The fraction of sp³-hybridized carbons (Fsp3) is 0.526. The SMILES string of the molecule is CCC=C(c1ccc(C(C)C)cc1OC)C(C)C(O)(C(=O)O)C(F)(F)F. The zero-order chi connectivity index (χ0) is 20.3. The Kier molecular flexibility index (Phi) is 6.88. The van der Waals surface area contributed by atoms with E-state index >= 15 is 0 Å². The van der Waals surface area contributed by atoms with Crippen LogP contribution >= 0.6 is 0 Å². The van der Waals surface area contributed by atoms with Crippen LogP contribution in [0.4, 0.5) is 13.2 Å². The maximum absolute atomic E-state index is 13.4. The van der Waals surface area contributed by atoms with Crippen LogP contribution in [0.1, 0.15) is 51.2 Å². The number of hydrogen-bond acceptors (Lipinski definition) is 3. The fourth-order valence-electron chi connectivity index (χ4n) is 2.82. The summed E-state index contributed by atoms with van der Waals surface area (Å²) >= 11 is 0. The third kappa shape index (κ3) is 4.03. The molecular formula is C19H25F3O4. The lowest BCUT2D eigenvalue weighted by Gasteiger charge is -2.34. The summed E-state index contributed by atoms with van der Waals surface area (Å²) in [4.78, 5) is 11.3. The van der Waals surface area contributed by atoms with Gasteiger partial charge in [0.15, 0.2) is 0 Å². The summed E-state index contributed by atoms with van der Waals surface area (Å²) in [6.07, 6.45) is -3.49. The van der Waals surface area contributed by atoms with Gasteiger partial charge in [0, 0.05) is 11.5 Å². The van der Waals surface area contributed by atoms with Gasteiger partial charge in [0.25, 0.3) is 5.60 Å². The van der Waals surface area contributed by atoms with E-state index in [9.17, 15) is 23.1 Å². The molecule has 0 saturated carbocycles. The summed E-state index contributed by atoms with van der Waals surface area (Å²) in [5.41, 5.74) is -2.58. The standard InChI is InChI=1S/C19H25F3O4/c1-6-7-14(12(4)18(25,17(23)24)19(20,21)22)15-9-8-13(11(2)3)10-16(15)26-5/h7-12,25H,6H2,1-5H3,(H,23,24). The van der Waals surface area contributed by atoms with Gasteiger partial charge in [0.1, 0.15) is 5.75 Å². The van der Waals surface area contributed by atoms with E-state index < -0.39 is 23.7 Å². The number of aliphatic hydroxyl groups is 1. The van der Waals surface area contributed by atoms with Crippen molar-refractivity contribution in [1.82, 2.24) is 0 Å². The largest absolute Gasteiger partial charge is 0.496 e. The van der Waals surface area contributed by atoms with Crippen molar-refractivity contribution in [3.05, 3.63) is 35.4 Å². The number of aliphatic carboxylic acids is 1. The Bertz CT molecular complexity index is 680. The second kappa shape index (κ2) is 8.12. The zero-order valence-corrected chi connectivity index (χ0v) is 15.5. The summed E-state index contributed by atoms with van der Waals surface area (Å²) in [5, 5.41) is 19.2. The Morgan fingerprint density at radius 1 is 1.27 bits per heavy atom. The highest BCUT2D eigenvalue weighted by Crippen LogP contribution is 2.44. The van der Waals surface area contributed by atoms with Crippen LogP contribution in [-0.4, -0.2) is 35.1 Å². The first-order valence-electron chi connectivity index (χ1n) is 8.32. The summed E-state index contributed by atoms with van der Waals surface area (Å²) in [7, 11) is 1.39. The van der Waals surface area contributed by atoms with Crippen molar-refractivity contribution >= 4 is 11.5 Å². The molecule has 2 atom stereocenters. The third-order valence-corrected chi connectivity index (χ3v) is 4.48. The molecule has 0 aliphatic rings. The van der Waals surface area contributed by atoms with Gasteiger partial charge in [-0.1, -0.05) is 45.9 Å². The quantitative estimate of drug-likeness (QED) is 0.730. The van der Waals surface area contributed by atoms with Gasteiger partial charge in [-0.15, -0.1) is 0 Å². The van der Waals surface area contributed by atoms with E-state index in [1.807, 2.05) is 13.8 Å². The first-order chi connectivity index (χ1) is 11.9. The highest BCUT2D eigenvalue weighted by Gasteiger charge is 2.64. The number of carbonyl (C=O) groups is 1. The van der Waals surface area contributed by atoms with E-state index in [1.165, 1.54) is 13.2 Å². The molecule has 1 aromatic carbocycles. The van der Waals surface area contributed by atoms with Gasteiger partial charge in [-0.25, -0.2) is 4.79 Å². The van der Waals surface area contributed by atoms with Crippen molar-refractivity contribution in [3.63, 3.8) is 0 Å². The van der Waals surface area contributed by atoms with Crippen molar-refractivity contribution in [2.24, 2.45) is 5.92 Å². The second-order valence-electron chi connectivity index (χ2n) is 6.47. The number of allylic oxidation sites excluding steroid dienone is 1. The zero-order valence-electron chi connectivity index (χ0n) is 15.5. The molecule has 26 heavy (non-hydrogen) atoms. The summed E-state index contributed by atoms with van der Waals surface area (Å²) in [6, 6.07) is 5.07. The van der Waals surface area contributed by atoms with Gasteiger partial charge < -0.3 is 14.9 Å². The van der Waals surface area contributed by atoms with E-state index in [2.05, 4.69) is 0 Å². The van der Waals surface area contributed by atoms with Crippen LogP contribution in [0.25, 0.3) is 5.57 Å². The summed E-state index contributed by atoms with van der Waals surface area (Å²) in [5.74, 6) is -3.56. The number of methoxy groups -OCH3 is 1. The number of ether oxygens (including phenoxy) is 1. The van der Waals surface area contributed by atoms with Crippen LogP contribution < -0.4 is 4.74 Å². The molecule has 0 aromatic heterocycles. The highest BCUT2D eigenvalue weighted by atomic mass is 19.4. The van der Waals surface area contributed by atoms with Gasteiger partial charge in [-0.2, -0.15) is 13.2 Å². The molecule has 0 bridgehead atoms. The van der Waals surface area contributed by atoms with E-state index in [-0.39, 0.29) is 11.5 Å². The van der Waals surface area contributed by atoms with Gasteiger partial charge >= 0.3 is 12.1 Å². The van der Waals surface area contributed by atoms with Crippen molar-refractivity contribution < 1.29 is 32.9 Å². The molecular weight excluding hydrogens is 349 g/mol. The summed E-state index contributed by atoms with van der Waals surface area (Å²) < 4.78 is 45.5. The second-order valence-corrected chi connectivity index (χ2v) is 6.47. The topological polar surface area (TPSA) is 66.8 Å². The lowest BCUT2D eigenvalue weighted by atomic mass is 9.78. The van der Waals surface area contributed by atoms with E-state index in [1.54, 1.807) is 25.1 Å². The average Bonchev–Trinajstić information content (AvgIpc) is 2.56. The number of halogens is 3. The van der Waals surface area contributed by atoms with E-state index in [0.29, 0.717) is 17.7 Å². The Labute approximate surface area is 151 Å². The van der Waals surface area contributed by atoms with Crippen LogP contribution in [0, 0.1) is 5.92 Å². The van der Waals surface area contributed by atoms with Crippen LogP contribution in [0.5, 0.6) is 5.75 Å². The third-order valence-electron chi connectivity index (χ3n) is 4.48. The monoisotopic (exact) mass is 374 g/mol. The number of carboxylic acid groups (broad SMARTS) is 1. The number of rotatable bonds is 7. The Morgan fingerprint density at radius 2 is 1.85 bits per heavy atom. The first-order valence-corrected chi connectivity index (χ1v) is 8.32. The molecule has 4 nitrogen and oxygen atoms in total. The molecule has 1 rings (SSSR count). The summed E-state index contributed by atoms with van der Waals surface area (Å²) in [6.45, 7) is 6.70. The Balaban J connectivity index is 3.59. The normalized spacial score (nSPS) is 16.3. The molecule has 1 aromatic rings. The van der Waals surface area contributed by atoms with Crippen molar-refractivity contribution in [3.8, 4) is 5.75 Å². The molecule has 0 fully saturated rings. The maximum Gasteiger partial charge on any atom is 0.428 e. The molecule has 0 amide bonds. The Morgan fingerprint density at radius 3 is 2.23 bits per heavy atom. The van der Waals surface area contributed by atoms with Crippen molar-refractivity contribution in [2.75, 3.05) is 7.11 Å². The molecule has 0 radical (unpaired) electrons. The lowest BCUT2D eigenvalue weighted by Crippen LogP contribution is -2.57. The molecule has 0 heterocycles. The van der Waals surface area contributed by atoms with Gasteiger partial charge in [0.2, 0.25) is 0 Å². The molecule has 0 spiro atoms. The number of benzene rings is 1. The van der Waals surface area contributed by atoms with Crippen LogP contribution in [-0.2, 0) is 4.79 Å². The van der Waals surface area contributed by atoms with Crippen LogP contribution in [0.2, 0.25) is 0 Å². The number of alkyl halides is 3. The molecule has 146 valence electrons. The van der Waals surface area contributed by atoms with E-state index in [4.69, 9.17) is 9.84 Å². The van der Waals surface area contributed by atoms with E-state index in [0.717, 1.165) is 12.5 Å². The van der Waals surface area contributed by atoms with Crippen LogP contribution in [0.15, 0.2) is 24.3 Å². The first kappa shape index (κ1) is 22.0. The molecule has 0 saturated heterocycles. The Hall–Kier alpha value is -2.02. The minimum atomic E-state index is -5.34. The predicted octanol–water partition coefficient (Wildman–Crippen LogP) is 4.63.